The van der Waals surface area contributed by atoms with Gasteiger partial charge in [-0.25, -0.2) is 0 Å². The summed E-state index contributed by atoms with van der Waals surface area (Å²) < 4.78 is 5.34. The van der Waals surface area contributed by atoms with Crippen LogP contribution in [0.4, 0.5) is 34.1 Å². The van der Waals surface area contributed by atoms with Crippen LogP contribution in [0.3, 0.4) is 0 Å². The highest BCUT2D eigenvalue weighted by molar-refractivity contribution is 6.32. The van der Waals surface area contributed by atoms with Crippen molar-refractivity contribution in [1.29, 1.82) is 0 Å². The van der Waals surface area contributed by atoms with E-state index < -0.39 is 0 Å². The van der Waals surface area contributed by atoms with Gasteiger partial charge in [-0.1, -0.05) is 139 Å². The summed E-state index contributed by atoms with van der Waals surface area (Å²) in [5.74, 6) is 0. The Morgan fingerprint density at radius 2 is 0.730 bits per heavy atom. The van der Waals surface area contributed by atoms with E-state index in [0.29, 0.717) is 0 Å². The minimum Gasteiger partial charge on any atom is -0.310 e. The molecule has 13 aromatic rings. The van der Waals surface area contributed by atoms with Crippen LogP contribution in [-0.2, 0) is 36.5 Å². The average molecular weight is 959 g/mol. The molecule has 4 aromatic heterocycles. The SMILES string of the molecule is CC(C)(C)c1cccc2c3c(N(c4ccccc4)c4ccc5c(c4)CCCC5)ccc4c5cc6c(cc5n(c12)c43)c1ccc(N(c2ccccc2)c2ccc3c(c2)CCCC3)c2c3cccc(C(C)(C)C)c3n6c12. The summed E-state index contributed by atoms with van der Waals surface area (Å²) in [6.45, 7) is 14.3. The molecule has 0 saturated carbocycles. The van der Waals surface area contributed by atoms with Crippen molar-refractivity contribution in [3.63, 3.8) is 0 Å². The molecule has 9 aromatic carbocycles. The number of rotatable bonds is 6. The Morgan fingerprint density at radius 3 is 1.14 bits per heavy atom. The molecule has 74 heavy (non-hydrogen) atoms. The largest absolute Gasteiger partial charge is 0.310 e. The van der Waals surface area contributed by atoms with E-state index >= 15 is 0 Å². The van der Waals surface area contributed by atoms with Crippen LogP contribution in [-0.4, -0.2) is 8.80 Å². The fourth-order valence-corrected chi connectivity index (χ4v) is 14.0. The lowest BCUT2D eigenvalue weighted by molar-refractivity contribution is 0.594. The molecule has 4 nitrogen and oxygen atoms in total. The molecule has 0 bridgehead atoms. The summed E-state index contributed by atoms with van der Waals surface area (Å²) in [6, 6.07) is 65.7. The summed E-state index contributed by atoms with van der Waals surface area (Å²) in [6.07, 6.45) is 9.66. The van der Waals surface area contributed by atoms with E-state index in [1.165, 1.54) is 182 Å². The van der Waals surface area contributed by atoms with Gasteiger partial charge in [0.25, 0.3) is 0 Å². The topological polar surface area (TPSA) is 15.3 Å². The van der Waals surface area contributed by atoms with Gasteiger partial charge in [-0.15, -0.1) is 0 Å². The number of nitrogens with zero attached hydrogens (tertiary/aromatic N) is 4. The molecule has 0 unspecified atom stereocenters. The lowest BCUT2D eigenvalue weighted by Gasteiger charge is -2.28. The molecule has 4 heteroatoms. The molecular weight excluding hydrogens is 897 g/mol. The average Bonchev–Trinajstić information content (AvgIpc) is 4.17. The van der Waals surface area contributed by atoms with Gasteiger partial charge in [0.2, 0.25) is 0 Å². The van der Waals surface area contributed by atoms with Crippen molar-refractivity contribution in [1.82, 2.24) is 8.80 Å². The lowest BCUT2D eigenvalue weighted by atomic mass is 9.85. The predicted octanol–water partition coefficient (Wildman–Crippen LogP) is 19.3. The molecule has 2 aliphatic rings. The van der Waals surface area contributed by atoms with Gasteiger partial charge in [0.1, 0.15) is 0 Å². The number of hydrogen-bond donors (Lipinski definition) is 0. The molecule has 0 N–H and O–H groups in total. The van der Waals surface area contributed by atoms with Crippen molar-refractivity contribution in [2.24, 2.45) is 0 Å². The minimum absolute atomic E-state index is 0.101. The molecule has 2 aliphatic carbocycles. The lowest BCUT2D eigenvalue weighted by Crippen LogP contribution is -2.12. The maximum atomic E-state index is 2.67. The number of hydrogen-bond acceptors (Lipinski definition) is 2. The van der Waals surface area contributed by atoms with Gasteiger partial charge in [-0.3, -0.25) is 0 Å². The van der Waals surface area contributed by atoms with Crippen molar-refractivity contribution in [3.05, 3.63) is 203 Å². The first-order chi connectivity index (χ1) is 36.0. The highest BCUT2D eigenvalue weighted by atomic mass is 15.2. The van der Waals surface area contributed by atoms with E-state index in [1.54, 1.807) is 0 Å². The molecule has 0 aliphatic heterocycles. The molecule has 0 saturated heterocycles. The number of aryl methyl sites for hydroxylation is 4. The van der Waals surface area contributed by atoms with Gasteiger partial charge in [-0.2, -0.15) is 0 Å². The second-order valence-corrected chi connectivity index (χ2v) is 23.8. The first kappa shape index (κ1) is 43.7. The summed E-state index contributed by atoms with van der Waals surface area (Å²) in [5.41, 5.74) is 23.5. The maximum Gasteiger partial charge on any atom is 0.0641 e. The van der Waals surface area contributed by atoms with E-state index in [0.717, 1.165) is 12.8 Å². The summed E-state index contributed by atoms with van der Waals surface area (Å²) >= 11 is 0. The zero-order chi connectivity index (χ0) is 49.8. The number of fused-ring (bicyclic) bond motifs is 14. The van der Waals surface area contributed by atoms with Crippen LogP contribution in [0.2, 0.25) is 0 Å². The summed E-state index contributed by atoms with van der Waals surface area (Å²) in [5, 5.41) is 10.4. The number of benzene rings is 9. The molecule has 0 spiro atoms. The van der Waals surface area contributed by atoms with Crippen LogP contribution in [0.5, 0.6) is 0 Å². The van der Waals surface area contributed by atoms with Crippen LogP contribution >= 0.6 is 0 Å². The Morgan fingerprint density at radius 1 is 0.324 bits per heavy atom. The number of aromatic nitrogens is 2. The van der Waals surface area contributed by atoms with Crippen molar-refractivity contribution in [3.8, 4) is 0 Å². The maximum absolute atomic E-state index is 2.67. The molecule has 4 heterocycles. The van der Waals surface area contributed by atoms with Crippen molar-refractivity contribution < 1.29 is 0 Å². The van der Waals surface area contributed by atoms with Gasteiger partial charge in [-0.05, 0) is 168 Å². The van der Waals surface area contributed by atoms with E-state index in [2.05, 4.69) is 230 Å². The van der Waals surface area contributed by atoms with Crippen molar-refractivity contribution in [2.45, 2.75) is 104 Å². The molecule has 0 radical (unpaired) electrons. The van der Waals surface area contributed by atoms with Crippen LogP contribution in [0.25, 0.3) is 76.2 Å². The molecule has 0 atom stereocenters. The summed E-state index contributed by atoms with van der Waals surface area (Å²) in [4.78, 5) is 5.08. The number of para-hydroxylation sites is 4. The van der Waals surface area contributed by atoms with Gasteiger partial charge in [0.15, 0.2) is 0 Å². The van der Waals surface area contributed by atoms with E-state index in [1.807, 2.05) is 0 Å². The second-order valence-electron chi connectivity index (χ2n) is 23.8. The van der Waals surface area contributed by atoms with Crippen LogP contribution in [0, 0.1) is 0 Å². The van der Waals surface area contributed by atoms with Crippen LogP contribution in [0.15, 0.2) is 170 Å². The quantitative estimate of drug-likeness (QED) is 0.165. The third-order valence-electron chi connectivity index (χ3n) is 17.3. The third kappa shape index (κ3) is 6.27. The van der Waals surface area contributed by atoms with Crippen molar-refractivity contribution in [2.75, 3.05) is 9.80 Å². The predicted molar refractivity (Wildman–Crippen MR) is 316 cm³/mol. The van der Waals surface area contributed by atoms with Gasteiger partial charge < -0.3 is 18.6 Å². The fraction of sp³-hybridized carbons (Fsp3) is 0.229. The Hall–Kier alpha value is -7.82. The summed E-state index contributed by atoms with van der Waals surface area (Å²) in [7, 11) is 0. The minimum atomic E-state index is -0.101. The normalized spacial score (nSPS) is 14.5. The Kier molecular flexibility index (Phi) is 9.36. The zero-order valence-electron chi connectivity index (χ0n) is 43.6. The van der Waals surface area contributed by atoms with E-state index in [9.17, 15) is 0 Å². The Labute approximate surface area is 433 Å². The van der Waals surface area contributed by atoms with E-state index in [-0.39, 0.29) is 10.8 Å². The van der Waals surface area contributed by atoms with Crippen molar-refractivity contribution >= 4 is 110 Å². The van der Waals surface area contributed by atoms with Crippen LogP contribution in [0.1, 0.15) is 101 Å². The molecule has 0 amide bonds. The van der Waals surface area contributed by atoms with Crippen LogP contribution < -0.4 is 9.80 Å². The standard InChI is InChI=1S/C70H62N4/c1-69(2,3)57-29-17-27-53-63-59(71(47-23-9-7-10-24-47)49-33-31-43-19-13-15-21-45(43)39-49)37-35-51-55-42-62-56(41-61(55)73(65(53)57)67(51)63)52-36-38-60(64-54-28-18-30-58(70(4,5)6)66(54)74(62)68(52)64)72(48-25-11-8-12-26-48)50-34-32-44-20-14-16-22-46(44)40-50/h7-12,17-18,23-42H,13-16,19-22H2,1-6H3. The van der Waals surface area contributed by atoms with Gasteiger partial charge in [0, 0.05) is 65.8 Å². The highest BCUT2D eigenvalue weighted by Gasteiger charge is 2.32. The first-order valence-corrected chi connectivity index (χ1v) is 27.4. The number of anilines is 6. The second kappa shape index (κ2) is 15.8. The fourth-order valence-electron chi connectivity index (χ4n) is 14.0. The first-order valence-electron chi connectivity index (χ1n) is 27.4. The molecule has 0 fully saturated rings. The van der Waals surface area contributed by atoms with Gasteiger partial charge >= 0.3 is 0 Å². The molecular formula is C70H62N4. The Bertz CT molecular complexity index is 4100. The Balaban J connectivity index is 1.06. The van der Waals surface area contributed by atoms with Gasteiger partial charge in [0.05, 0.1) is 44.5 Å². The van der Waals surface area contributed by atoms with E-state index in [4.69, 9.17) is 0 Å². The smallest absolute Gasteiger partial charge is 0.0641 e. The zero-order valence-corrected chi connectivity index (χ0v) is 43.6. The monoisotopic (exact) mass is 958 g/mol. The molecule has 15 rings (SSSR count). The third-order valence-corrected chi connectivity index (χ3v) is 17.3. The molecule has 362 valence electrons. The highest BCUT2D eigenvalue weighted by Crippen LogP contribution is 2.53.